The van der Waals surface area contributed by atoms with Crippen molar-refractivity contribution < 1.29 is 17.9 Å². The van der Waals surface area contributed by atoms with E-state index in [4.69, 9.17) is 4.74 Å². The lowest BCUT2D eigenvalue weighted by molar-refractivity contribution is -0.123. The maximum atomic E-state index is 12.8. The highest BCUT2D eigenvalue weighted by molar-refractivity contribution is 7.89. The first kappa shape index (κ1) is 18.1. The standard InChI is InChI=1S/C16H29N3O4S/c20-16(15-6-1-7-17-15)18-10-13-4-2-8-19(11-13)24(21,22)14-5-3-9-23-12-14/h13-15,17H,1-12H2,(H,18,20). The van der Waals surface area contributed by atoms with Crippen LogP contribution in [-0.2, 0) is 19.6 Å². The number of nitrogens with zero attached hydrogens (tertiary/aromatic N) is 1. The van der Waals surface area contributed by atoms with Crippen molar-refractivity contribution in [1.82, 2.24) is 14.9 Å². The fourth-order valence-corrected chi connectivity index (χ4v) is 5.81. The van der Waals surface area contributed by atoms with Crippen LogP contribution in [0, 0.1) is 5.92 Å². The third-order valence-corrected chi connectivity index (χ3v) is 7.59. The van der Waals surface area contributed by atoms with Crippen LogP contribution in [0.15, 0.2) is 0 Å². The average molecular weight is 359 g/mol. The van der Waals surface area contributed by atoms with Crippen molar-refractivity contribution in [2.75, 3.05) is 39.4 Å². The van der Waals surface area contributed by atoms with Crippen LogP contribution in [0.2, 0.25) is 0 Å². The Hall–Kier alpha value is -0.700. The van der Waals surface area contributed by atoms with E-state index in [0.29, 0.717) is 39.3 Å². The minimum Gasteiger partial charge on any atom is -0.380 e. The van der Waals surface area contributed by atoms with Crippen LogP contribution < -0.4 is 10.6 Å². The summed E-state index contributed by atoms with van der Waals surface area (Å²) < 4.78 is 32.5. The molecule has 7 nitrogen and oxygen atoms in total. The van der Waals surface area contributed by atoms with E-state index in [9.17, 15) is 13.2 Å². The van der Waals surface area contributed by atoms with E-state index in [1.54, 1.807) is 4.31 Å². The highest BCUT2D eigenvalue weighted by atomic mass is 32.2. The molecule has 138 valence electrons. The van der Waals surface area contributed by atoms with Gasteiger partial charge in [-0.3, -0.25) is 4.79 Å². The van der Waals surface area contributed by atoms with Gasteiger partial charge in [0.05, 0.1) is 17.9 Å². The zero-order valence-electron chi connectivity index (χ0n) is 14.2. The van der Waals surface area contributed by atoms with Gasteiger partial charge in [-0.15, -0.1) is 0 Å². The van der Waals surface area contributed by atoms with Gasteiger partial charge in [0.2, 0.25) is 15.9 Å². The summed E-state index contributed by atoms with van der Waals surface area (Å²) in [6.07, 6.45) is 5.25. The summed E-state index contributed by atoms with van der Waals surface area (Å²) in [7, 11) is -3.29. The molecule has 24 heavy (non-hydrogen) atoms. The molecule has 3 rings (SSSR count). The topological polar surface area (TPSA) is 87.7 Å². The van der Waals surface area contributed by atoms with E-state index < -0.39 is 15.3 Å². The Morgan fingerprint density at radius 3 is 2.79 bits per heavy atom. The molecule has 3 heterocycles. The van der Waals surface area contributed by atoms with Crippen molar-refractivity contribution in [2.24, 2.45) is 5.92 Å². The predicted octanol–water partition coefficient (Wildman–Crippen LogP) is 0.0754. The maximum absolute atomic E-state index is 12.8. The van der Waals surface area contributed by atoms with Crippen molar-refractivity contribution in [3.8, 4) is 0 Å². The van der Waals surface area contributed by atoms with Gasteiger partial charge in [-0.2, -0.15) is 0 Å². The molecule has 2 N–H and O–H groups in total. The second-order valence-electron chi connectivity index (χ2n) is 7.14. The Kier molecular flexibility index (Phi) is 6.12. The fraction of sp³-hybridized carbons (Fsp3) is 0.938. The largest absolute Gasteiger partial charge is 0.380 e. The number of nitrogens with one attached hydrogen (secondary N) is 2. The van der Waals surface area contributed by atoms with E-state index in [-0.39, 0.29) is 17.9 Å². The van der Waals surface area contributed by atoms with E-state index in [0.717, 1.165) is 38.6 Å². The molecular formula is C16H29N3O4S. The lowest BCUT2D eigenvalue weighted by Crippen LogP contribution is -2.49. The van der Waals surface area contributed by atoms with Gasteiger partial charge in [0.15, 0.2) is 0 Å². The Bertz CT molecular complexity index is 527. The minimum absolute atomic E-state index is 0.0492. The molecule has 0 radical (unpaired) electrons. The number of ether oxygens (including phenoxy) is 1. The molecule has 0 aliphatic carbocycles. The molecule has 0 bridgehead atoms. The van der Waals surface area contributed by atoms with Crippen LogP contribution in [0.25, 0.3) is 0 Å². The first-order chi connectivity index (χ1) is 11.6. The summed E-state index contributed by atoms with van der Waals surface area (Å²) in [5.41, 5.74) is 0. The summed E-state index contributed by atoms with van der Waals surface area (Å²) in [5.74, 6) is 0.247. The van der Waals surface area contributed by atoms with Gasteiger partial charge in [0, 0.05) is 26.2 Å². The van der Waals surface area contributed by atoms with Crippen molar-refractivity contribution in [1.29, 1.82) is 0 Å². The monoisotopic (exact) mass is 359 g/mol. The number of sulfonamides is 1. The molecule has 3 unspecified atom stereocenters. The number of carbonyl (C=O) groups excluding carboxylic acids is 1. The molecule has 3 saturated heterocycles. The third-order valence-electron chi connectivity index (χ3n) is 5.32. The van der Waals surface area contributed by atoms with Crippen molar-refractivity contribution >= 4 is 15.9 Å². The van der Waals surface area contributed by atoms with Gasteiger partial charge in [-0.1, -0.05) is 0 Å². The van der Waals surface area contributed by atoms with Crippen molar-refractivity contribution in [2.45, 2.75) is 49.8 Å². The number of hydrogen-bond acceptors (Lipinski definition) is 5. The van der Waals surface area contributed by atoms with Crippen LogP contribution in [0.5, 0.6) is 0 Å². The van der Waals surface area contributed by atoms with E-state index >= 15 is 0 Å². The third kappa shape index (κ3) is 4.28. The van der Waals surface area contributed by atoms with Crippen LogP contribution in [0.3, 0.4) is 0 Å². The number of rotatable bonds is 5. The molecule has 1 amide bonds. The first-order valence-corrected chi connectivity index (χ1v) is 10.7. The predicted molar refractivity (Wildman–Crippen MR) is 91.1 cm³/mol. The summed E-state index contributed by atoms with van der Waals surface area (Å²) in [5, 5.41) is 5.79. The van der Waals surface area contributed by atoms with Gasteiger partial charge in [-0.05, 0) is 51.0 Å². The van der Waals surface area contributed by atoms with E-state index in [2.05, 4.69) is 10.6 Å². The summed E-state index contributed by atoms with van der Waals surface area (Å²) in [6, 6.07) is -0.0761. The maximum Gasteiger partial charge on any atom is 0.237 e. The van der Waals surface area contributed by atoms with Gasteiger partial charge in [-0.25, -0.2) is 12.7 Å². The summed E-state index contributed by atoms with van der Waals surface area (Å²) in [6.45, 7) is 3.54. The molecule has 3 aliphatic heterocycles. The Balaban J connectivity index is 1.51. The molecule has 3 aliphatic rings. The quantitative estimate of drug-likeness (QED) is 0.726. The van der Waals surface area contributed by atoms with Gasteiger partial charge in [0.25, 0.3) is 0 Å². The zero-order valence-corrected chi connectivity index (χ0v) is 15.0. The molecule has 0 spiro atoms. The lowest BCUT2D eigenvalue weighted by Gasteiger charge is -2.35. The zero-order chi connectivity index (χ0) is 17.0. The number of amides is 1. The Morgan fingerprint density at radius 2 is 2.08 bits per heavy atom. The molecular weight excluding hydrogens is 330 g/mol. The molecule has 0 aromatic rings. The van der Waals surface area contributed by atoms with Crippen LogP contribution in [-0.4, -0.2) is 69.3 Å². The molecule has 0 aromatic heterocycles. The molecule has 8 heteroatoms. The average Bonchev–Trinajstić information content (AvgIpc) is 3.15. The van der Waals surface area contributed by atoms with E-state index in [1.165, 1.54) is 0 Å². The number of piperidine rings is 1. The van der Waals surface area contributed by atoms with Crippen LogP contribution in [0.4, 0.5) is 0 Å². The summed E-state index contributed by atoms with van der Waals surface area (Å²) in [4.78, 5) is 12.1. The Morgan fingerprint density at radius 1 is 1.21 bits per heavy atom. The molecule has 0 aromatic carbocycles. The van der Waals surface area contributed by atoms with Crippen LogP contribution in [0.1, 0.15) is 38.5 Å². The van der Waals surface area contributed by atoms with Crippen molar-refractivity contribution in [3.05, 3.63) is 0 Å². The highest BCUT2D eigenvalue weighted by Crippen LogP contribution is 2.24. The fourth-order valence-electron chi connectivity index (χ4n) is 3.86. The second-order valence-corrected chi connectivity index (χ2v) is 9.36. The Labute approximate surface area is 144 Å². The lowest BCUT2D eigenvalue weighted by atomic mass is 9.99. The van der Waals surface area contributed by atoms with Gasteiger partial charge >= 0.3 is 0 Å². The highest BCUT2D eigenvalue weighted by Gasteiger charge is 2.36. The van der Waals surface area contributed by atoms with Gasteiger partial charge < -0.3 is 15.4 Å². The molecule has 3 atom stereocenters. The van der Waals surface area contributed by atoms with Gasteiger partial charge in [0.1, 0.15) is 0 Å². The SMILES string of the molecule is O=C(NCC1CCCN(S(=O)(=O)C2CCCOC2)C1)C1CCCN1. The molecule has 3 fully saturated rings. The van der Waals surface area contributed by atoms with Crippen molar-refractivity contribution in [3.63, 3.8) is 0 Å². The minimum atomic E-state index is -3.29. The molecule has 0 saturated carbocycles. The second kappa shape index (κ2) is 8.12. The normalized spacial score (nSPS) is 32.6. The van der Waals surface area contributed by atoms with Crippen LogP contribution >= 0.6 is 0 Å². The smallest absolute Gasteiger partial charge is 0.237 e. The summed E-state index contributed by atoms with van der Waals surface area (Å²) >= 11 is 0. The first-order valence-electron chi connectivity index (χ1n) is 9.15. The number of hydrogen-bond donors (Lipinski definition) is 2. The number of carbonyl (C=O) groups is 1. The van der Waals surface area contributed by atoms with E-state index in [1.807, 2.05) is 0 Å².